The number of rotatable bonds is 2. The number of amides is 1. The molecular weight excluding hydrogens is 439 g/mol. The summed E-state index contributed by atoms with van der Waals surface area (Å²) < 4.78 is 14.3. The van der Waals surface area contributed by atoms with Crippen molar-refractivity contribution in [3.05, 3.63) is 69.9 Å². The zero-order chi connectivity index (χ0) is 19.7. The standard InChI is InChI=1S/C22H20BrFN2OS/c23-17-9-5-15(6-10-17)19-21(28)26(20(27)16-7-11-18(24)12-8-16)22(25-19)13-3-1-2-4-14-22/h5-12H,1-4,13-14H2. The van der Waals surface area contributed by atoms with Crippen LogP contribution in [0, 0.1) is 5.82 Å². The highest BCUT2D eigenvalue weighted by atomic mass is 79.9. The van der Waals surface area contributed by atoms with Crippen LogP contribution in [0.3, 0.4) is 0 Å². The largest absolute Gasteiger partial charge is 0.271 e. The molecule has 1 aliphatic heterocycles. The summed E-state index contributed by atoms with van der Waals surface area (Å²) in [7, 11) is 0. The number of benzene rings is 2. The first-order chi connectivity index (χ1) is 13.5. The Labute approximate surface area is 177 Å². The van der Waals surface area contributed by atoms with Crippen LogP contribution in [0.25, 0.3) is 0 Å². The highest BCUT2D eigenvalue weighted by Crippen LogP contribution is 2.40. The van der Waals surface area contributed by atoms with Gasteiger partial charge in [0.05, 0.1) is 0 Å². The molecule has 0 unspecified atom stereocenters. The first kappa shape index (κ1) is 19.4. The number of carbonyl (C=O) groups is 1. The van der Waals surface area contributed by atoms with Crippen LogP contribution in [0.5, 0.6) is 0 Å². The molecule has 0 saturated heterocycles. The van der Waals surface area contributed by atoms with Crippen LogP contribution in [0.4, 0.5) is 4.39 Å². The van der Waals surface area contributed by atoms with Crippen molar-refractivity contribution in [3.8, 4) is 0 Å². The fourth-order valence-electron chi connectivity index (χ4n) is 4.03. The average Bonchev–Trinajstić information content (AvgIpc) is 2.83. The summed E-state index contributed by atoms with van der Waals surface area (Å²) in [5.41, 5.74) is 1.40. The molecule has 4 rings (SSSR count). The fourth-order valence-corrected chi connectivity index (χ4v) is 4.71. The predicted octanol–water partition coefficient (Wildman–Crippen LogP) is 5.91. The quantitative estimate of drug-likeness (QED) is 0.523. The second-order valence-corrected chi connectivity index (χ2v) is 8.62. The number of carbonyl (C=O) groups excluding carboxylic acids is 1. The van der Waals surface area contributed by atoms with E-state index in [1.165, 1.54) is 24.3 Å². The number of hydrogen-bond acceptors (Lipinski definition) is 3. The molecule has 1 aliphatic carbocycles. The summed E-state index contributed by atoms with van der Waals surface area (Å²) in [5, 5.41) is 0. The molecule has 1 heterocycles. The van der Waals surface area contributed by atoms with Crippen molar-refractivity contribution in [2.75, 3.05) is 0 Å². The number of aliphatic imine (C=N–C) groups is 1. The normalized spacial score (nSPS) is 18.9. The minimum Gasteiger partial charge on any atom is -0.271 e. The van der Waals surface area contributed by atoms with E-state index in [9.17, 15) is 9.18 Å². The van der Waals surface area contributed by atoms with Gasteiger partial charge in [0.2, 0.25) is 0 Å². The van der Waals surface area contributed by atoms with Crippen LogP contribution in [0.15, 0.2) is 58.0 Å². The molecule has 1 spiro atoms. The van der Waals surface area contributed by atoms with Gasteiger partial charge in [0, 0.05) is 15.6 Å². The maximum atomic E-state index is 13.4. The molecule has 2 aromatic rings. The average molecular weight is 459 g/mol. The van der Waals surface area contributed by atoms with Gasteiger partial charge in [-0.3, -0.25) is 14.7 Å². The maximum absolute atomic E-state index is 13.4. The Hall–Kier alpha value is -1.92. The summed E-state index contributed by atoms with van der Waals surface area (Å²) in [5.74, 6) is -0.570. The lowest BCUT2D eigenvalue weighted by Crippen LogP contribution is -2.49. The van der Waals surface area contributed by atoms with E-state index in [1.54, 1.807) is 4.90 Å². The minimum absolute atomic E-state index is 0.206. The highest BCUT2D eigenvalue weighted by molar-refractivity contribution is 9.10. The van der Waals surface area contributed by atoms with Crippen LogP contribution in [-0.2, 0) is 0 Å². The van der Waals surface area contributed by atoms with E-state index < -0.39 is 5.66 Å². The topological polar surface area (TPSA) is 32.7 Å². The lowest BCUT2D eigenvalue weighted by atomic mass is 9.99. The van der Waals surface area contributed by atoms with Crippen LogP contribution < -0.4 is 0 Å². The molecule has 0 N–H and O–H groups in total. The summed E-state index contributed by atoms with van der Waals surface area (Å²) >= 11 is 9.22. The molecule has 0 radical (unpaired) electrons. The Morgan fingerprint density at radius 2 is 1.61 bits per heavy atom. The van der Waals surface area contributed by atoms with E-state index >= 15 is 0 Å². The Balaban J connectivity index is 1.77. The monoisotopic (exact) mass is 458 g/mol. The van der Waals surface area contributed by atoms with Gasteiger partial charge in [-0.15, -0.1) is 0 Å². The molecule has 1 fully saturated rings. The molecule has 28 heavy (non-hydrogen) atoms. The molecule has 2 aromatic carbocycles. The number of halogens is 2. The van der Waals surface area contributed by atoms with Gasteiger partial charge >= 0.3 is 0 Å². The second-order valence-electron chi connectivity index (χ2n) is 7.32. The van der Waals surface area contributed by atoms with Crippen molar-refractivity contribution in [3.63, 3.8) is 0 Å². The van der Waals surface area contributed by atoms with Crippen molar-refractivity contribution in [1.82, 2.24) is 4.90 Å². The molecule has 0 bridgehead atoms. The third-order valence-electron chi connectivity index (χ3n) is 5.46. The molecule has 2 aliphatic rings. The van der Waals surface area contributed by atoms with E-state index in [4.69, 9.17) is 17.2 Å². The van der Waals surface area contributed by atoms with Gasteiger partial charge in [-0.05, 0) is 62.1 Å². The van der Waals surface area contributed by atoms with Gasteiger partial charge < -0.3 is 0 Å². The van der Waals surface area contributed by atoms with Crippen molar-refractivity contribution in [2.45, 2.75) is 44.2 Å². The van der Waals surface area contributed by atoms with Gasteiger partial charge in [0.25, 0.3) is 5.91 Å². The molecule has 144 valence electrons. The molecule has 0 aromatic heterocycles. The second kappa shape index (κ2) is 7.84. The van der Waals surface area contributed by atoms with Crippen LogP contribution in [0.2, 0.25) is 0 Å². The van der Waals surface area contributed by atoms with Gasteiger partial charge in [-0.2, -0.15) is 0 Å². The molecule has 3 nitrogen and oxygen atoms in total. The fraction of sp³-hybridized carbons (Fsp3) is 0.318. The zero-order valence-corrected chi connectivity index (χ0v) is 17.7. The maximum Gasteiger partial charge on any atom is 0.260 e. The summed E-state index contributed by atoms with van der Waals surface area (Å²) in [6.45, 7) is 0. The highest BCUT2D eigenvalue weighted by Gasteiger charge is 2.48. The van der Waals surface area contributed by atoms with Gasteiger partial charge in [-0.1, -0.05) is 53.1 Å². The van der Waals surface area contributed by atoms with E-state index in [-0.39, 0.29) is 11.7 Å². The zero-order valence-electron chi connectivity index (χ0n) is 15.3. The molecule has 1 amide bonds. The first-order valence-corrected chi connectivity index (χ1v) is 10.7. The number of nitrogens with zero attached hydrogens (tertiary/aromatic N) is 2. The SMILES string of the molecule is O=C(c1ccc(F)cc1)N1C(=S)C(c2ccc(Br)cc2)=NC12CCCCCC2. The summed E-state index contributed by atoms with van der Waals surface area (Å²) in [6, 6.07) is 13.5. The van der Waals surface area contributed by atoms with E-state index in [2.05, 4.69) is 15.9 Å². The van der Waals surface area contributed by atoms with E-state index in [1.807, 2.05) is 24.3 Å². The van der Waals surface area contributed by atoms with Crippen LogP contribution in [-0.4, -0.2) is 27.2 Å². The Morgan fingerprint density at radius 1 is 1.00 bits per heavy atom. The Morgan fingerprint density at radius 3 is 2.21 bits per heavy atom. The van der Waals surface area contributed by atoms with Crippen molar-refractivity contribution in [1.29, 1.82) is 0 Å². The third-order valence-corrected chi connectivity index (χ3v) is 6.36. The summed E-state index contributed by atoms with van der Waals surface area (Å²) in [6.07, 6.45) is 5.87. The van der Waals surface area contributed by atoms with E-state index in [0.717, 1.165) is 48.6 Å². The number of hydrogen-bond donors (Lipinski definition) is 0. The lowest BCUT2D eigenvalue weighted by Gasteiger charge is -2.35. The van der Waals surface area contributed by atoms with Crippen molar-refractivity contribution < 1.29 is 9.18 Å². The molecule has 1 saturated carbocycles. The van der Waals surface area contributed by atoms with Crippen molar-refractivity contribution >= 4 is 44.8 Å². The molecular formula is C22H20BrFN2OS. The Bertz CT molecular complexity index is 932. The molecule has 6 heteroatoms. The van der Waals surface area contributed by atoms with Crippen LogP contribution in [0.1, 0.15) is 54.4 Å². The van der Waals surface area contributed by atoms with Gasteiger partial charge in [0.1, 0.15) is 22.2 Å². The van der Waals surface area contributed by atoms with Crippen molar-refractivity contribution in [2.24, 2.45) is 4.99 Å². The predicted molar refractivity (Wildman–Crippen MR) is 116 cm³/mol. The van der Waals surface area contributed by atoms with E-state index in [0.29, 0.717) is 16.3 Å². The lowest BCUT2D eigenvalue weighted by molar-refractivity contribution is 0.0692. The minimum atomic E-state index is -0.637. The van der Waals surface area contributed by atoms with Crippen LogP contribution >= 0.6 is 28.1 Å². The van der Waals surface area contributed by atoms with Gasteiger partial charge in [-0.25, -0.2) is 4.39 Å². The number of thiocarbonyl (C=S) groups is 1. The Kier molecular flexibility index (Phi) is 5.43. The molecule has 0 atom stereocenters. The first-order valence-electron chi connectivity index (χ1n) is 9.50. The van der Waals surface area contributed by atoms with Gasteiger partial charge in [0.15, 0.2) is 0 Å². The summed E-state index contributed by atoms with van der Waals surface area (Å²) in [4.78, 5) is 20.6. The smallest absolute Gasteiger partial charge is 0.260 e. The third kappa shape index (κ3) is 3.55.